The first-order valence-electron chi connectivity index (χ1n) is 4.86. The number of hydrogen-bond donors (Lipinski definition) is 0. The summed E-state index contributed by atoms with van der Waals surface area (Å²) >= 11 is 2.02. The van der Waals surface area contributed by atoms with E-state index in [9.17, 15) is 9.59 Å². The molecule has 0 aliphatic rings. The highest BCUT2D eigenvalue weighted by Gasteiger charge is 2.27. The van der Waals surface area contributed by atoms with Crippen LogP contribution in [0.15, 0.2) is 39.9 Å². The summed E-state index contributed by atoms with van der Waals surface area (Å²) in [6, 6.07) is 9.44. The molecule has 0 saturated carbocycles. The van der Waals surface area contributed by atoms with E-state index < -0.39 is 10.9 Å². The van der Waals surface area contributed by atoms with E-state index in [-0.39, 0.29) is 0 Å². The van der Waals surface area contributed by atoms with E-state index in [1.54, 1.807) is 14.8 Å². The molecule has 0 saturated heterocycles. The quantitative estimate of drug-likeness (QED) is 0.363. The first kappa shape index (κ1) is 12.5. The summed E-state index contributed by atoms with van der Waals surface area (Å²) in [7, 11) is 4.11. The molecule has 0 aromatic heterocycles. The largest absolute Gasteiger partial charge is 0.354 e. The van der Waals surface area contributed by atoms with Crippen LogP contribution in [0.3, 0.4) is 0 Å². The van der Waals surface area contributed by atoms with E-state index >= 15 is 0 Å². The molecule has 6 heteroatoms. The molecule has 17 heavy (non-hydrogen) atoms. The van der Waals surface area contributed by atoms with Crippen LogP contribution in [0.1, 0.15) is 0 Å². The summed E-state index contributed by atoms with van der Waals surface area (Å²) in [5, 5.41) is 0. The molecule has 0 radical (unpaired) electrons. The number of rotatable bonds is 3. The molecule has 0 heterocycles. The van der Waals surface area contributed by atoms with Crippen LogP contribution >= 0.6 is 32.3 Å². The van der Waals surface area contributed by atoms with Gasteiger partial charge in [0.05, 0.1) is 28.6 Å². The van der Waals surface area contributed by atoms with Crippen molar-refractivity contribution in [1.82, 2.24) is 0 Å². The van der Waals surface area contributed by atoms with Crippen molar-refractivity contribution in [2.75, 3.05) is 14.8 Å². The zero-order valence-electron chi connectivity index (χ0n) is 9.05. The summed E-state index contributed by atoms with van der Waals surface area (Å²) in [6.07, 6.45) is 0. The smallest absolute Gasteiger partial charge is 0.254 e. The van der Waals surface area contributed by atoms with Gasteiger partial charge in [0.1, 0.15) is 11.4 Å². The lowest BCUT2D eigenvalue weighted by Crippen LogP contribution is -2.39. The van der Waals surface area contributed by atoms with Crippen molar-refractivity contribution < 1.29 is 0 Å². The zero-order chi connectivity index (χ0) is 12.6. The lowest BCUT2D eigenvalue weighted by Gasteiger charge is -2.24. The molecular formula is C11H10IN2O2P. The average Bonchev–Trinajstić information content (AvgIpc) is 2.34. The van der Waals surface area contributed by atoms with Crippen molar-refractivity contribution in [1.29, 1.82) is 0 Å². The molecule has 0 spiro atoms. The Bertz CT molecular complexity index is 605. The lowest BCUT2D eigenvalue weighted by atomic mass is 10.2. The fourth-order valence-corrected chi connectivity index (χ4v) is 2.57. The van der Waals surface area contributed by atoms with Gasteiger partial charge in [0.2, 0.25) is 0 Å². The molecule has 0 N–H and O–H groups in total. The second-order valence-electron chi connectivity index (χ2n) is 3.58. The monoisotopic (exact) mass is 360 g/mol. The molecule has 88 valence electrons. The predicted octanol–water partition coefficient (Wildman–Crippen LogP) is 2.00. The molecule has 1 unspecified atom stereocenters. The van der Waals surface area contributed by atoms with E-state index in [0.29, 0.717) is 11.4 Å². The molecule has 4 nitrogen and oxygen atoms in total. The van der Waals surface area contributed by atoms with Gasteiger partial charge < -0.3 is 4.67 Å². The summed E-state index contributed by atoms with van der Waals surface area (Å²) in [6.45, 7) is 0. The van der Waals surface area contributed by atoms with Gasteiger partial charge in [0.25, 0.3) is 10.9 Å². The van der Waals surface area contributed by atoms with Crippen molar-refractivity contribution in [3.63, 3.8) is 0 Å². The van der Waals surface area contributed by atoms with E-state index in [4.69, 9.17) is 0 Å². The second kappa shape index (κ2) is 4.74. The van der Waals surface area contributed by atoms with Gasteiger partial charge >= 0.3 is 0 Å². The van der Waals surface area contributed by atoms with Crippen molar-refractivity contribution >= 4 is 49.3 Å². The highest BCUT2D eigenvalue weighted by molar-refractivity contribution is 14.1. The van der Waals surface area contributed by atoms with Gasteiger partial charge in [-0.1, -0.05) is 18.2 Å². The van der Waals surface area contributed by atoms with E-state index in [1.807, 2.05) is 53.2 Å². The van der Waals surface area contributed by atoms with Gasteiger partial charge in [-0.25, -0.2) is 0 Å². The van der Waals surface area contributed by atoms with Crippen LogP contribution < -0.4 is 18.6 Å². The van der Waals surface area contributed by atoms with Gasteiger partial charge in [-0.15, -0.1) is 0 Å². The Hall–Kier alpha value is -0.940. The van der Waals surface area contributed by atoms with Crippen LogP contribution in [-0.4, -0.2) is 7.05 Å². The van der Waals surface area contributed by atoms with Gasteiger partial charge in [0, 0.05) is 7.05 Å². The zero-order valence-corrected chi connectivity index (χ0v) is 12.4. The maximum Gasteiger partial charge on any atom is 0.254 e. The molecule has 0 fully saturated rings. The number of benzene rings is 1. The normalized spacial score (nSPS) is 10.5. The number of halogens is 1. The van der Waals surface area contributed by atoms with E-state index in [0.717, 1.165) is 5.69 Å². The summed E-state index contributed by atoms with van der Waals surface area (Å²) < 4.78 is 3.30. The van der Waals surface area contributed by atoms with Crippen LogP contribution in [0.4, 0.5) is 17.1 Å². The van der Waals surface area contributed by atoms with Gasteiger partial charge in [-0.3, -0.25) is 12.7 Å². The molecule has 0 aliphatic heterocycles. The fourth-order valence-electron chi connectivity index (χ4n) is 1.56. The average molecular weight is 360 g/mol. The Kier molecular flexibility index (Phi) is 3.49. The molecule has 1 atom stereocenters. The summed E-state index contributed by atoms with van der Waals surface area (Å²) in [4.78, 5) is 23.1. The SMILES string of the molecule is CN(P)c1c(N(I)c2ccccc2)c(=O)c1=O. The van der Waals surface area contributed by atoms with Crippen LogP contribution in [0.5, 0.6) is 0 Å². The van der Waals surface area contributed by atoms with Gasteiger partial charge in [-0.2, -0.15) is 0 Å². The minimum Gasteiger partial charge on any atom is -0.354 e. The maximum absolute atomic E-state index is 11.6. The third-order valence-corrected chi connectivity index (χ3v) is 3.69. The Morgan fingerprint density at radius 3 is 2.12 bits per heavy atom. The summed E-state index contributed by atoms with van der Waals surface area (Å²) in [5.41, 5.74) is 0.855. The van der Waals surface area contributed by atoms with Crippen LogP contribution in [0.2, 0.25) is 0 Å². The van der Waals surface area contributed by atoms with Crippen molar-refractivity contribution in [3.8, 4) is 0 Å². The molecule has 2 aromatic rings. The van der Waals surface area contributed by atoms with E-state index in [1.165, 1.54) is 0 Å². The molecule has 2 rings (SSSR count). The minimum absolute atomic E-state index is 0.429. The molecular weight excluding hydrogens is 350 g/mol. The second-order valence-corrected chi connectivity index (χ2v) is 5.32. The lowest BCUT2D eigenvalue weighted by molar-refractivity contribution is 1.24. The first-order valence-corrected chi connectivity index (χ1v) is 6.35. The topological polar surface area (TPSA) is 40.6 Å². The van der Waals surface area contributed by atoms with Crippen LogP contribution in [-0.2, 0) is 0 Å². The molecule has 0 amide bonds. The third-order valence-electron chi connectivity index (χ3n) is 2.39. The fraction of sp³-hybridized carbons (Fsp3) is 0.0909. The molecule has 2 aromatic carbocycles. The number of nitrogens with zero attached hydrogens (tertiary/aromatic N) is 2. The van der Waals surface area contributed by atoms with Gasteiger partial charge in [0.15, 0.2) is 0 Å². The number of hydrogen-bond acceptors (Lipinski definition) is 4. The molecule has 0 aliphatic carbocycles. The predicted molar refractivity (Wildman–Crippen MR) is 82.1 cm³/mol. The van der Waals surface area contributed by atoms with E-state index in [2.05, 4.69) is 9.39 Å². The van der Waals surface area contributed by atoms with Gasteiger partial charge in [-0.05, 0) is 21.5 Å². The summed E-state index contributed by atoms with van der Waals surface area (Å²) in [5.74, 6) is 0. The Morgan fingerprint density at radius 1 is 1.06 bits per heavy atom. The highest BCUT2D eigenvalue weighted by atomic mass is 127. The van der Waals surface area contributed by atoms with Crippen molar-refractivity contribution in [2.24, 2.45) is 0 Å². The number of para-hydroxylation sites is 1. The Morgan fingerprint density at radius 2 is 1.59 bits per heavy atom. The standard InChI is InChI=1S/C11H10IN2O2P/c1-13(17)8-9(11(16)10(8)15)14(12)7-5-3-2-4-6-7/h2-6H,17H2,1H3. The highest BCUT2D eigenvalue weighted by Crippen LogP contribution is 2.34. The van der Waals surface area contributed by atoms with Crippen molar-refractivity contribution in [3.05, 3.63) is 50.8 Å². The van der Waals surface area contributed by atoms with Crippen LogP contribution in [0, 0.1) is 0 Å². The first-order chi connectivity index (χ1) is 8.04. The Labute approximate surface area is 115 Å². The third kappa shape index (κ3) is 2.09. The number of anilines is 3. The minimum atomic E-state index is -0.437. The molecule has 0 bridgehead atoms. The van der Waals surface area contributed by atoms with Crippen molar-refractivity contribution in [2.45, 2.75) is 0 Å². The van der Waals surface area contributed by atoms with Crippen LogP contribution in [0.25, 0.3) is 0 Å². The Balaban J connectivity index is 2.46. The maximum atomic E-state index is 11.6.